The van der Waals surface area contributed by atoms with Crippen LogP contribution in [0.2, 0.25) is 0 Å². The van der Waals surface area contributed by atoms with Crippen molar-refractivity contribution in [1.29, 1.82) is 0 Å². The molecule has 0 saturated heterocycles. The largest absolute Gasteiger partial charge is 0.294 e. The minimum Gasteiger partial charge on any atom is -0.294 e. The van der Waals surface area contributed by atoms with Crippen LogP contribution < -0.4 is 0 Å². The highest BCUT2D eigenvalue weighted by Crippen LogP contribution is 2.27. The normalized spacial score (nSPS) is 10.3. The number of thioether (sulfide) groups is 1. The monoisotopic (exact) mass is 306 g/mol. The Kier molecular flexibility index (Phi) is 5.72. The Morgan fingerprint density at radius 1 is 1.53 bits per heavy atom. The number of carbonyl (C=O) groups is 1. The molecule has 4 heteroatoms. The molecule has 0 unspecified atom stereocenters. The summed E-state index contributed by atoms with van der Waals surface area (Å²) in [7, 11) is 0. The van der Waals surface area contributed by atoms with Crippen molar-refractivity contribution >= 4 is 45.1 Å². The van der Waals surface area contributed by atoms with Gasteiger partial charge in [0.1, 0.15) is 0 Å². The molecule has 0 heterocycles. The second-order valence-electron chi connectivity index (χ2n) is 2.99. The lowest BCUT2D eigenvalue weighted by atomic mass is 10.1. The maximum Gasteiger partial charge on any atom is 0.165 e. The molecule has 15 heavy (non-hydrogen) atoms. The Bertz CT molecular complexity index is 354. The molecule has 0 spiro atoms. The molecule has 0 radical (unpaired) electrons. The Balaban J connectivity index is 3.11. The second kappa shape index (κ2) is 6.56. The molecule has 0 N–H and O–H groups in total. The average Bonchev–Trinajstić information content (AvgIpc) is 2.28. The fourth-order valence-electron chi connectivity index (χ4n) is 1.37. The highest BCUT2D eigenvalue weighted by Gasteiger charge is 2.12. The van der Waals surface area contributed by atoms with E-state index in [9.17, 15) is 4.79 Å². The minimum atomic E-state index is 0.122. The zero-order valence-electron chi connectivity index (χ0n) is 8.43. The summed E-state index contributed by atoms with van der Waals surface area (Å²) >= 11 is 10.6. The van der Waals surface area contributed by atoms with Crippen molar-refractivity contribution in [3.05, 3.63) is 29.3 Å². The molecule has 0 aliphatic heterocycles. The fraction of sp³-hybridized carbons (Fsp3) is 0.364. The van der Waals surface area contributed by atoms with Crippen LogP contribution in [0.25, 0.3) is 0 Å². The van der Waals surface area contributed by atoms with Crippen LogP contribution in [0.5, 0.6) is 0 Å². The van der Waals surface area contributed by atoms with Crippen molar-refractivity contribution in [3.63, 3.8) is 0 Å². The number of ketones is 1. The number of alkyl halides is 2. The summed E-state index contributed by atoms with van der Waals surface area (Å²) in [6, 6.07) is 5.81. The van der Waals surface area contributed by atoms with Gasteiger partial charge in [0.2, 0.25) is 0 Å². The van der Waals surface area contributed by atoms with Crippen molar-refractivity contribution in [2.75, 3.05) is 12.1 Å². The lowest BCUT2D eigenvalue weighted by Gasteiger charge is -2.09. The van der Waals surface area contributed by atoms with Gasteiger partial charge in [-0.25, -0.2) is 0 Å². The quantitative estimate of drug-likeness (QED) is 0.462. The predicted octanol–water partition coefficient (Wildman–Crippen LogP) is 4.12. The number of hydrogen-bond acceptors (Lipinski definition) is 2. The van der Waals surface area contributed by atoms with Crippen LogP contribution in [0.15, 0.2) is 23.1 Å². The molecular weight excluding hydrogens is 296 g/mol. The molecule has 1 aromatic carbocycles. The SMILES string of the molecule is CSc1c(CBr)cccc1C(=O)CCCl. The van der Waals surface area contributed by atoms with Crippen molar-refractivity contribution < 1.29 is 4.79 Å². The van der Waals surface area contributed by atoms with Crippen molar-refractivity contribution in [3.8, 4) is 0 Å². The number of benzene rings is 1. The fourth-order valence-corrected chi connectivity index (χ4v) is 3.00. The van der Waals surface area contributed by atoms with E-state index in [0.29, 0.717) is 12.3 Å². The van der Waals surface area contributed by atoms with Gasteiger partial charge in [-0.05, 0) is 11.8 Å². The first-order valence-corrected chi connectivity index (χ1v) is 7.43. The first kappa shape index (κ1) is 13.1. The van der Waals surface area contributed by atoms with Gasteiger partial charge in [0, 0.05) is 28.1 Å². The third-order valence-corrected chi connectivity index (χ3v) is 3.75. The van der Waals surface area contributed by atoms with Gasteiger partial charge in [-0.3, -0.25) is 4.79 Å². The van der Waals surface area contributed by atoms with Crippen molar-refractivity contribution in [2.24, 2.45) is 0 Å². The maximum absolute atomic E-state index is 11.8. The van der Waals surface area contributed by atoms with Crippen molar-refractivity contribution in [2.45, 2.75) is 16.6 Å². The summed E-state index contributed by atoms with van der Waals surface area (Å²) in [5.41, 5.74) is 1.95. The van der Waals surface area contributed by atoms with E-state index in [1.807, 2.05) is 24.5 Å². The molecule has 1 nitrogen and oxygen atoms in total. The minimum absolute atomic E-state index is 0.122. The lowest BCUT2D eigenvalue weighted by molar-refractivity contribution is 0.0986. The van der Waals surface area contributed by atoms with Gasteiger partial charge in [-0.2, -0.15) is 0 Å². The molecule has 1 aromatic rings. The molecule has 82 valence electrons. The van der Waals surface area contributed by atoms with E-state index < -0.39 is 0 Å². The molecule has 0 fully saturated rings. The van der Waals surface area contributed by atoms with Gasteiger partial charge >= 0.3 is 0 Å². The van der Waals surface area contributed by atoms with Gasteiger partial charge in [0.15, 0.2) is 5.78 Å². The van der Waals surface area contributed by atoms with Gasteiger partial charge < -0.3 is 0 Å². The van der Waals surface area contributed by atoms with E-state index >= 15 is 0 Å². The zero-order chi connectivity index (χ0) is 11.3. The summed E-state index contributed by atoms with van der Waals surface area (Å²) in [4.78, 5) is 12.8. The molecule has 0 aliphatic rings. The van der Waals surface area contributed by atoms with Crippen LogP contribution in [-0.4, -0.2) is 17.9 Å². The van der Waals surface area contributed by atoms with E-state index in [0.717, 1.165) is 21.4 Å². The predicted molar refractivity (Wildman–Crippen MR) is 70.5 cm³/mol. The molecular formula is C11H12BrClOS. The Morgan fingerprint density at radius 2 is 2.27 bits per heavy atom. The summed E-state index contributed by atoms with van der Waals surface area (Å²) in [5, 5.41) is 0.769. The first-order valence-electron chi connectivity index (χ1n) is 4.55. The van der Waals surface area contributed by atoms with Crippen molar-refractivity contribution in [1.82, 2.24) is 0 Å². The standard InChI is InChI=1S/C11H12BrClOS/c1-15-11-8(7-12)3-2-4-9(11)10(14)5-6-13/h2-4H,5-7H2,1H3. The van der Waals surface area contributed by atoms with Crippen LogP contribution in [0.4, 0.5) is 0 Å². The lowest BCUT2D eigenvalue weighted by Crippen LogP contribution is -2.03. The zero-order valence-corrected chi connectivity index (χ0v) is 11.6. The average molecular weight is 308 g/mol. The van der Waals surface area contributed by atoms with Crippen LogP contribution in [0.1, 0.15) is 22.3 Å². The molecule has 0 atom stereocenters. The molecule has 0 saturated carbocycles. The Morgan fingerprint density at radius 3 is 2.80 bits per heavy atom. The number of carbonyl (C=O) groups excluding carboxylic acids is 1. The molecule has 0 amide bonds. The van der Waals surface area contributed by atoms with Gasteiger partial charge in [-0.1, -0.05) is 34.1 Å². The van der Waals surface area contributed by atoms with Crippen LogP contribution in [0, 0.1) is 0 Å². The van der Waals surface area contributed by atoms with E-state index in [1.165, 1.54) is 0 Å². The summed E-state index contributed by atoms with van der Waals surface area (Å²) < 4.78 is 0. The second-order valence-corrected chi connectivity index (χ2v) is 4.75. The van der Waals surface area contributed by atoms with E-state index in [4.69, 9.17) is 11.6 Å². The number of Topliss-reactive ketones (excluding diaryl/α,β-unsaturated/α-hetero) is 1. The Hall–Kier alpha value is 0.01000. The molecule has 1 rings (SSSR count). The summed E-state index contributed by atoms with van der Waals surface area (Å²) in [6.07, 6.45) is 2.39. The topological polar surface area (TPSA) is 17.1 Å². The number of rotatable bonds is 5. The van der Waals surface area contributed by atoms with Gasteiger partial charge in [0.25, 0.3) is 0 Å². The van der Waals surface area contributed by atoms with Gasteiger partial charge in [0.05, 0.1) is 0 Å². The number of hydrogen-bond donors (Lipinski definition) is 0. The van der Waals surface area contributed by atoms with Crippen LogP contribution in [0.3, 0.4) is 0 Å². The Labute approximate surface area is 108 Å². The number of halogens is 2. The molecule has 0 aliphatic carbocycles. The van der Waals surface area contributed by atoms with E-state index in [1.54, 1.807) is 11.8 Å². The summed E-state index contributed by atoms with van der Waals surface area (Å²) in [6.45, 7) is 0. The molecule has 0 aromatic heterocycles. The third-order valence-electron chi connectivity index (χ3n) is 2.07. The van der Waals surface area contributed by atoms with E-state index in [-0.39, 0.29) is 5.78 Å². The highest BCUT2D eigenvalue weighted by molar-refractivity contribution is 9.08. The van der Waals surface area contributed by atoms with Gasteiger partial charge in [-0.15, -0.1) is 23.4 Å². The highest BCUT2D eigenvalue weighted by atomic mass is 79.9. The van der Waals surface area contributed by atoms with E-state index in [2.05, 4.69) is 15.9 Å². The first-order chi connectivity index (χ1) is 7.24. The molecule has 0 bridgehead atoms. The smallest absolute Gasteiger partial charge is 0.165 e. The third kappa shape index (κ3) is 3.23. The maximum atomic E-state index is 11.8. The van der Waals surface area contributed by atoms with Crippen LogP contribution in [-0.2, 0) is 5.33 Å². The van der Waals surface area contributed by atoms with Crippen LogP contribution >= 0.6 is 39.3 Å². The summed E-state index contributed by atoms with van der Waals surface area (Å²) in [5.74, 6) is 0.503.